The average molecular weight is 434 g/mol. The van der Waals surface area contributed by atoms with Crippen molar-refractivity contribution >= 4 is 27.7 Å². The molecule has 2 heterocycles. The maximum atomic E-state index is 13.8. The lowest BCUT2D eigenvalue weighted by atomic mass is 10.1. The van der Waals surface area contributed by atoms with Gasteiger partial charge in [-0.3, -0.25) is 14.6 Å². The van der Waals surface area contributed by atoms with Crippen LogP contribution in [0.2, 0.25) is 0 Å². The maximum absolute atomic E-state index is 13.8. The van der Waals surface area contributed by atoms with Gasteiger partial charge < -0.3 is 9.88 Å². The quantitative estimate of drug-likeness (QED) is 0.438. The summed E-state index contributed by atoms with van der Waals surface area (Å²) in [5.41, 5.74) is 3.51. The number of H-pyrrole nitrogens is 1. The molecule has 1 amide bonds. The van der Waals surface area contributed by atoms with E-state index in [2.05, 4.69) is 15.0 Å². The Hall–Kier alpha value is -4.32. The second-order valence-electron chi connectivity index (χ2n) is 8.00. The molecule has 3 aromatic carbocycles. The molecule has 6 heteroatoms. The molecule has 0 aliphatic heterocycles. The monoisotopic (exact) mass is 434 g/mol. The lowest BCUT2D eigenvalue weighted by Crippen LogP contribution is -2.32. The van der Waals surface area contributed by atoms with E-state index in [1.54, 1.807) is 23.1 Å². The summed E-state index contributed by atoms with van der Waals surface area (Å²) in [6.45, 7) is 2.43. The van der Waals surface area contributed by atoms with Crippen LogP contribution in [0.1, 0.15) is 27.4 Å². The Morgan fingerprint density at radius 1 is 0.818 bits per heavy atom. The number of nitrogens with zero attached hydrogens (tertiary/aromatic N) is 3. The number of carbonyl (C=O) groups excluding carboxylic acids is 1. The molecule has 0 saturated heterocycles. The van der Waals surface area contributed by atoms with E-state index in [-0.39, 0.29) is 18.0 Å². The van der Waals surface area contributed by atoms with Gasteiger partial charge in [0.1, 0.15) is 5.82 Å². The highest BCUT2D eigenvalue weighted by atomic mass is 16.2. The van der Waals surface area contributed by atoms with E-state index in [1.165, 1.54) is 0 Å². The zero-order valence-electron chi connectivity index (χ0n) is 18.2. The number of carbonyl (C=O) groups is 1. The van der Waals surface area contributed by atoms with Crippen LogP contribution in [0.4, 0.5) is 0 Å². The van der Waals surface area contributed by atoms with Crippen LogP contribution < -0.4 is 5.56 Å². The number of hydrogen-bond donors (Lipinski definition) is 1. The number of fused-ring (bicyclic) bond motifs is 2. The molecular formula is C27H22N4O2. The van der Waals surface area contributed by atoms with Crippen LogP contribution >= 0.6 is 0 Å². The molecule has 162 valence electrons. The summed E-state index contributed by atoms with van der Waals surface area (Å²) in [7, 11) is 0. The van der Waals surface area contributed by atoms with E-state index in [4.69, 9.17) is 0 Å². The van der Waals surface area contributed by atoms with Crippen LogP contribution in [0, 0.1) is 6.92 Å². The molecule has 1 N–H and O–H groups in total. The predicted octanol–water partition coefficient (Wildman–Crippen LogP) is 4.62. The van der Waals surface area contributed by atoms with Gasteiger partial charge in [0.15, 0.2) is 0 Å². The number of para-hydroxylation sites is 2. The first-order valence-electron chi connectivity index (χ1n) is 10.8. The van der Waals surface area contributed by atoms with Crippen molar-refractivity contribution in [2.45, 2.75) is 20.0 Å². The molecule has 0 unspecified atom stereocenters. The fourth-order valence-electron chi connectivity index (χ4n) is 4.05. The Labute approximate surface area is 190 Å². The minimum Gasteiger partial charge on any atom is -0.327 e. The van der Waals surface area contributed by atoms with Crippen LogP contribution in [0.5, 0.6) is 0 Å². The van der Waals surface area contributed by atoms with Gasteiger partial charge >= 0.3 is 0 Å². The molecule has 5 aromatic rings. The normalized spacial score (nSPS) is 11.1. The number of amides is 1. The van der Waals surface area contributed by atoms with Crippen molar-refractivity contribution in [2.24, 2.45) is 0 Å². The van der Waals surface area contributed by atoms with Crippen molar-refractivity contribution in [1.29, 1.82) is 0 Å². The first-order valence-corrected chi connectivity index (χ1v) is 10.8. The van der Waals surface area contributed by atoms with Crippen LogP contribution in [0.3, 0.4) is 0 Å². The number of benzene rings is 3. The van der Waals surface area contributed by atoms with E-state index in [0.29, 0.717) is 28.8 Å². The topological polar surface area (TPSA) is 79.0 Å². The minimum atomic E-state index is -0.215. The highest BCUT2D eigenvalue weighted by Gasteiger charge is 2.21. The molecular weight excluding hydrogens is 412 g/mol. The van der Waals surface area contributed by atoms with Gasteiger partial charge in [0.2, 0.25) is 0 Å². The Kier molecular flexibility index (Phi) is 5.40. The smallest absolute Gasteiger partial charge is 0.258 e. The van der Waals surface area contributed by atoms with Gasteiger partial charge in [0.25, 0.3) is 11.5 Å². The number of aryl methyl sites for hydroxylation is 1. The lowest BCUT2D eigenvalue weighted by Gasteiger charge is -2.23. The molecule has 0 fully saturated rings. The van der Waals surface area contributed by atoms with E-state index in [1.807, 2.05) is 73.7 Å². The van der Waals surface area contributed by atoms with Crippen molar-refractivity contribution in [2.75, 3.05) is 0 Å². The second-order valence-corrected chi connectivity index (χ2v) is 8.00. The molecule has 0 spiro atoms. The van der Waals surface area contributed by atoms with Crippen LogP contribution in [-0.4, -0.2) is 25.8 Å². The largest absolute Gasteiger partial charge is 0.327 e. The number of aromatic amines is 1. The molecule has 33 heavy (non-hydrogen) atoms. The molecule has 5 rings (SSSR count). The lowest BCUT2D eigenvalue weighted by molar-refractivity contribution is 0.0727. The summed E-state index contributed by atoms with van der Waals surface area (Å²) in [5, 5.41) is 1.32. The molecule has 0 atom stereocenters. The van der Waals surface area contributed by atoms with Gasteiger partial charge in [-0.15, -0.1) is 0 Å². The van der Waals surface area contributed by atoms with E-state index in [9.17, 15) is 9.59 Å². The Morgan fingerprint density at radius 3 is 2.21 bits per heavy atom. The van der Waals surface area contributed by atoms with Gasteiger partial charge in [0.05, 0.1) is 28.5 Å². The van der Waals surface area contributed by atoms with Gasteiger partial charge in [-0.25, -0.2) is 4.98 Å². The number of pyridine rings is 1. The molecule has 0 bridgehead atoms. The summed E-state index contributed by atoms with van der Waals surface area (Å²) in [6.07, 6.45) is 0. The number of rotatable bonds is 5. The van der Waals surface area contributed by atoms with Gasteiger partial charge in [-0.05, 0) is 36.8 Å². The minimum absolute atomic E-state index is 0.142. The van der Waals surface area contributed by atoms with Crippen LogP contribution in [0.15, 0.2) is 89.7 Å². The molecule has 0 aliphatic carbocycles. The zero-order valence-corrected chi connectivity index (χ0v) is 18.2. The molecule has 0 radical (unpaired) electrons. The number of hydrogen-bond acceptors (Lipinski definition) is 4. The second kappa shape index (κ2) is 8.67. The van der Waals surface area contributed by atoms with Crippen molar-refractivity contribution < 1.29 is 4.79 Å². The van der Waals surface area contributed by atoms with E-state index in [0.717, 1.165) is 22.2 Å². The van der Waals surface area contributed by atoms with Crippen molar-refractivity contribution in [3.8, 4) is 0 Å². The summed E-state index contributed by atoms with van der Waals surface area (Å²) < 4.78 is 0. The van der Waals surface area contributed by atoms with Crippen molar-refractivity contribution in [3.63, 3.8) is 0 Å². The first kappa shape index (κ1) is 20.6. The summed E-state index contributed by atoms with van der Waals surface area (Å²) in [5.74, 6) is 0.300. The highest BCUT2D eigenvalue weighted by Crippen LogP contribution is 2.22. The zero-order chi connectivity index (χ0) is 22.8. The Balaban J connectivity index is 1.58. The summed E-state index contributed by atoms with van der Waals surface area (Å²) in [6, 6.07) is 26.4. The average Bonchev–Trinajstić information content (AvgIpc) is 2.83. The van der Waals surface area contributed by atoms with E-state index >= 15 is 0 Å². The van der Waals surface area contributed by atoms with Crippen molar-refractivity contribution in [1.82, 2.24) is 19.9 Å². The SMILES string of the molecule is Cc1cc(C(=O)N(Cc2ccccc2)Cc2nc3ccccc3c(=O)[nH]2)c2ccccc2n1. The summed E-state index contributed by atoms with van der Waals surface area (Å²) in [4.78, 5) is 40.2. The maximum Gasteiger partial charge on any atom is 0.258 e. The third-order valence-corrected chi connectivity index (χ3v) is 5.58. The summed E-state index contributed by atoms with van der Waals surface area (Å²) >= 11 is 0. The fraction of sp³-hybridized carbons (Fsp3) is 0.111. The van der Waals surface area contributed by atoms with Gasteiger partial charge in [-0.1, -0.05) is 60.7 Å². The van der Waals surface area contributed by atoms with Crippen molar-refractivity contribution in [3.05, 3.63) is 118 Å². The Bertz CT molecular complexity index is 1530. The number of aromatic nitrogens is 3. The van der Waals surface area contributed by atoms with Gasteiger partial charge in [-0.2, -0.15) is 0 Å². The van der Waals surface area contributed by atoms with E-state index < -0.39 is 0 Å². The molecule has 0 saturated carbocycles. The highest BCUT2D eigenvalue weighted by molar-refractivity contribution is 6.06. The van der Waals surface area contributed by atoms with Crippen LogP contribution in [0.25, 0.3) is 21.8 Å². The molecule has 6 nitrogen and oxygen atoms in total. The molecule has 0 aliphatic rings. The third kappa shape index (κ3) is 4.23. The first-order chi connectivity index (χ1) is 16.1. The standard InChI is InChI=1S/C27H22N4O2/c1-18-15-22(20-11-5-7-13-23(20)28-18)27(33)31(16-19-9-3-2-4-10-19)17-25-29-24-14-8-6-12-21(24)26(32)30-25/h2-15H,16-17H2,1H3,(H,29,30,32). The Morgan fingerprint density at radius 2 is 1.45 bits per heavy atom. The molecule has 2 aromatic heterocycles. The predicted molar refractivity (Wildman–Crippen MR) is 129 cm³/mol. The van der Waals surface area contributed by atoms with Crippen LogP contribution in [-0.2, 0) is 13.1 Å². The third-order valence-electron chi connectivity index (χ3n) is 5.58. The number of nitrogens with one attached hydrogen (secondary N) is 1. The van der Waals surface area contributed by atoms with Gasteiger partial charge in [0, 0.05) is 17.6 Å². The fourth-order valence-corrected chi connectivity index (χ4v) is 4.05.